The van der Waals surface area contributed by atoms with Crippen LogP contribution in [0, 0.1) is 0 Å². The Kier molecular flexibility index (Phi) is 1.71. The number of carbonyl (C=O) groups excluding carboxylic acids is 1. The zero-order valence-electron chi connectivity index (χ0n) is 8.69. The summed E-state index contributed by atoms with van der Waals surface area (Å²) in [5, 5.41) is 0. The first-order valence-electron chi connectivity index (χ1n) is 5.28. The SMILES string of the molecule is CC(=O)N1Cc2coc3c2C1CC(N)C3. The summed E-state index contributed by atoms with van der Waals surface area (Å²) in [5.74, 6) is 1.11. The highest BCUT2D eigenvalue weighted by Crippen LogP contribution is 2.43. The minimum Gasteiger partial charge on any atom is -0.469 e. The summed E-state index contributed by atoms with van der Waals surface area (Å²) in [6, 6.07) is 0.274. The third kappa shape index (κ3) is 1.14. The van der Waals surface area contributed by atoms with Gasteiger partial charge in [0.15, 0.2) is 0 Å². The molecule has 80 valence electrons. The topological polar surface area (TPSA) is 59.5 Å². The Bertz CT molecular complexity index is 424. The van der Waals surface area contributed by atoms with Crippen molar-refractivity contribution in [2.24, 2.45) is 5.73 Å². The van der Waals surface area contributed by atoms with Crippen molar-refractivity contribution in [2.45, 2.75) is 38.4 Å². The molecule has 1 aliphatic heterocycles. The fraction of sp³-hybridized carbons (Fsp3) is 0.545. The molecule has 0 fully saturated rings. The van der Waals surface area contributed by atoms with E-state index in [1.54, 1.807) is 13.2 Å². The molecule has 0 saturated heterocycles. The van der Waals surface area contributed by atoms with Gasteiger partial charge in [0, 0.05) is 37.1 Å². The van der Waals surface area contributed by atoms with Gasteiger partial charge in [-0.05, 0) is 6.42 Å². The number of nitrogens with zero attached hydrogens (tertiary/aromatic N) is 1. The van der Waals surface area contributed by atoms with Crippen molar-refractivity contribution >= 4 is 5.91 Å². The molecule has 2 N–H and O–H groups in total. The maximum atomic E-state index is 11.5. The number of rotatable bonds is 0. The average Bonchev–Trinajstić information content (AvgIpc) is 2.70. The summed E-state index contributed by atoms with van der Waals surface area (Å²) in [4.78, 5) is 13.4. The van der Waals surface area contributed by atoms with Gasteiger partial charge in [-0.25, -0.2) is 0 Å². The van der Waals surface area contributed by atoms with Crippen LogP contribution < -0.4 is 5.73 Å². The largest absolute Gasteiger partial charge is 0.469 e. The van der Waals surface area contributed by atoms with Crippen molar-refractivity contribution in [2.75, 3.05) is 0 Å². The van der Waals surface area contributed by atoms with Crippen LogP contribution in [0.15, 0.2) is 10.7 Å². The molecule has 2 aliphatic rings. The van der Waals surface area contributed by atoms with Crippen molar-refractivity contribution in [3.63, 3.8) is 0 Å². The molecule has 4 heteroatoms. The van der Waals surface area contributed by atoms with Crippen LogP contribution in [0.3, 0.4) is 0 Å². The smallest absolute Gasteiger partial charge is 0.220 e. The lowest BCUT2D eigenvalue weighted by Gasteiger charge is -2.30. The molecular formula is C11H14N2O2. The van der Waals surface area contributed by atoms with Crippen LogP contribution >= 0.6 is 0 Å². The third-order valence-corrected chi connectivity index (χ3v) is 3.42. The molecule has 1 aromatic rings. The van der Waals surface area contributed by atoms with Gasteiger partial charge in [0.1, 0.15) is 5.76 Å². The molecule has 1 aromatic heterocycles. The molecule has 0 radical (unpaired) electrons. The van der Waals surface area contributed by atoms with Crippen LogP contribution in [0.4, 0.5) is 0 Å². The van der Waals surface area contributed by atoms with E-state index in [0.29, 0.717) is 6.54 Å². The van der Waals surface area contributed by atoms with E-state index in [4.69, 9.17) is 10.2 Å². The monoisotopic (exact) mass is 206 g/mol. The van der Waals surface area contributed by atoms with Gasteiger partial charge in [0.05, 0.1) is 12.3 Å². The highest BCUT2D eigenvalue weighted by Gasteiger charge is 2.40. The Labute approximate surface area is 88.0 Å². The number of hydrogen-bond donors (Lipinski definition) is 1. The number of furan rings is 1. The average molecular weight is 206 g/mol. The van der Waals surface area contributed by atoms with E-state index in [-0.39, 0.29) is 18.0 Å². The quantitative estimate of drug-likeness (QED) is 0.687. The van der Waals surface area contributed by atoms with E-state index in [9.17, 15) is 4.79 Å². The Morgan fingerprint density at radius 2 is 2.47 bits per heavy atom. The van der Waals surface area contributed by atoms with Crippen LogP contribution in [-0.2, 0) is 17.8 Å². The number of nitrogens with two attached hydrogens (primary N) is 1. The van der Waals surface area contributed by atoms with Crippen LogP contribution in [0.2, 0.25) is 0 Å². The van der Waals surface area contributed by atoms with Gasteiger partial charge in [0.2, 0.25) is 5.91 Å². The summed E-state index contributed by atoms with van der Waals surface area (Å²) < 4.78 is 5.49. The molecule has 4 nitrogen and oxygen atoms in total. The molecule has 0 saturated carbocycles. The molecule has 1 aliphatic carbocycles. The molecular weight excluding hydrogens is 192 g/mol. The first-order valence-corrected chi connectivity index (χ1v) is 5.28. The van der Waals surface area contributed by atoms with Gasteiger partial charge in [0.25, 0.3) is 0 Å². The Hall–Kier alpha value is -1.29. The Morgan fingerprint density at radius 1 is 1.67 bits per heavy atom. The second-order valence-electron chi connectivity index (χ2n) is 4.46. The molecule has 2 atom stereocenters. The minimum absolute atomic E-state index is 0.112. The maximum absolute atomic E-state index is 11.5. The van der Waals surface area contributed by atoms with Crippen LogP contribution in [0.5, 0.6) is 0 Å². The van der Waals surface area contributed by atoms with Gasteiger partial charge in [-0.1, -0.05) is 0 Å². The highest BCUT2D eigenvalue weighted by molar-refractivity contribution is 5.75. The lowest BCUT2D eigenvalue weighted by atomic mass is 9.90. The third-order valence-electron chi connectivity index (χ3n) is 3.42. The number of amides is 1. The van der Waals surface area contributed by atoms with Gasteiger partial charge >= 0.3 is 0 Å². The molecule has 2 heterocycles. The second kappa shape index (κ2) is 2.85. The number of carbonyl (C=O) groups is 1. The lowest BCUT2D eigenvalue weighted by Crippen LogP contribution is -2.36. The standard InChI is InChI=1S/C11H14N2O2/c1-6(14)13-4-7-5-15-10-3-8(12)2-9(13)11(7)10/h5,8-9H,2-4,12H2,1H3. The van der Waals surface area contributed by atoms with Crippen LogP contribution in [0.1, 0.15) is 36.3 Å². The molecule has 0 spiro atoms. The Balaban J connectivity index is 2.06. The summed E-state index contributed by atoms with van der Waals surface area (Å²) in [6.45, 7) is 2.30. The molecule has 3 rings (SSSR count). The summed E-state index contributed by atoms with van der Waals surface area (Å²) in [5.41, 5.74) is 8.35. The predicted octanol–water partition coefficient (Wildman–Crippen LogP) is 0.956. The second-order valence-corrected chi connectivity index (χ2v) is 4.46. The van der Waals surface area contributed by atoms with Crippen molar-refractivity contribution in [3.05, 3.63) is 23.2 Å². The van der Waals surface area contributed by atoms with Crippen molar-refractivity contribution in [3.8, 4) is 0 Å². The van der Waals surface area contributed by atoms with Gasteiger partial charge in [-0.15, -0.1) is 0 Å². The lowest BCUT2D eigenvalue weighted by molar-refractivity contribution is -0.131. The van der Waals surface area contributed by atoms with E-state index in [1.807, 2.05) is 4.90 Å². The highest BCUT2D eigenvalue weighted by atomic mass is 16.3. The summed E-state index contributed by atoms with van der Waals surface area (Å²) in [6.07, 6.45) is 3.44. The summed E-state index contributed by atoms with van der Waals surface area (Å²) >= 11 is 0. The zero-order chi connectivity index (χ0) is 10.6. The van der Waals surface area contributed by atoms with Crippen molar-refractivity contribution in [1.29, 1.82) is 0 Å². The first kappa shape index (κ1) is 8.97. The van der Waals surface area contributed by atoms with Crippen molar-refractivity contribution < 1.29 is 9.21 Å². The Morgan fingerprint density at radius 3 is 3.20 bits per heavy atom. The first-order chi connectivity index (χ1) is 7.16. The fourth-order valence-corrected chi connectivity index (χ4v) is 2.76. The van der Waals surface area contributed by atoms with Gasteiger partial charge in [-0.2, -0.15) is 0 Å². The number of hydrogen-bond acceptors (Lipinski definition) is 3. The van der Waals surface area contributed by atoms with Gasteiger partial charge < -0.3 is 15.1 Å². The molecule has 15 heavy (non-hydrogen) atoms. The fourth-order valence-electron chi connectivity index (χ4n) is 2.76. The molecule has 0 aromatic carbocycles. The molecule has 2 unspecified atom stereocenters. The summed E-state index contributed by atoms with van der Waals surface area (Å²) in [7, 11) is 0. The van der Waals surface area contributed by atoms with Crippen molar-refractivity contribution in [1.82, 2.24) is 4.90 Å². The molecule has 1 amide bonds. The van der Waals surface area contributed by atoms with E-state index < -0.39 is 0 Å². The van der Waals surface area contributed by atoms with Gasteiger partial charge in [-0.3, -0.25) is 4.79 Å². The van der Waals surface area contributed by atoms with Crippen LogP contribution in [0.25, 0.3) is 0 Å². The van der Waals surface area contributed by atoms with E-state index in [1.165, 1.54) is 5.56 Å². The minimum atomic E-state index is 0.112. The molecule has 0 bridgehead atoms. The van der Waals surface area contributed by atoms with E-state index in [0.717, 1.165) is 24.2 Å². The normalized spacial score (nSPS) is 28.0. The maximum Gasteiger partial charge on any atom is 0.220 e. The zero-order valence-corrected chi connectivity index (χ0v) is 8.69. The van der Waals surface area contributed by atoms with E-state index >= 15 is 0 Å². The van der Waals surface area contributed by atoms with Crippen LogP contribution in [-0.4, -0.2) is 16.8 Å². The van der Waals surface area contributed by atoms with E-state index in [2.05, 4.69) is 0 Å². The predicted molar refractivity (Wildman–Crippen MR) is 54.0 cm³/mol.